The lowest BCUT2D eigenvalue weighted by Gasteiger charge is -2.24. The number of aromatic nitrogens is 2. The van der Waals surface area contributed by atoms with Crippen LogP contribution in [0.1, 0.15) is 52.8 Å². The van der Waals surface area contributed by atoms with E-state index in [0.29, 0.717) is 26.4 Å². The summed E-state index contributed by atoms with van der Waals surface area (Å²) < 4.78 is 14.7. The van der Waals surface area contributed by atoms with Crippen molar-refractivity contribution < 1.29 is 24.2 Å². The molecule has 0 unspecified atom stereocenters. The summed E-state index contributed by atoms with van der Waals surface area (Å²) in [5, 5.41) is 9.24. The maximum Gasteiger partial charge on any atom is 0.338 e. The Morgan fingerprint density at radius 2 is 1.76 bits per heavy atom. The minimum absolute atomic E-state index is 0.198. The Labute approximate surface area is 239 Å². The summed E-state index contributed by atoms with van der Waals surface area (Å²) in [5.74, 6) is -0.836. The van der Waals surface area contributed by atoms with E-state index in [1.54, 1.807) is 61.9 Å². The van der Waals surface area contributed by atoms with Crippen molar-refractivity contribution in [1.29, 1.82) is 0 Å². The number of aromatic carboxylic acids is 1. The molecule has 2 aromatic carbocycles. The van der Waals surface area contributed by atoms with Crippen LogP contribution in [0.2, 0.25) is 0 Å². The number of hydrogen-bond donors (Lipinski definition) is 1. The summed E-state index contributed by atoms with van der Waals surface area (Å²) in [5.41, 5.74) is 4.99. The number of fused-ring (bicyclic) bond motifs is 1. The summed E-state index contributed by atoms with van der Waals surface area (Å²) in [7, 11) is 1.58. The topological polar surface area (TPSA) is 112 Å². The van der Waals surface area contributed by atoms with Gasteiger partial charge in [0.25, 0.3) is 5.56 Å². The van der Waals surface area contributed by atoms with Crippen molar-refractivity contribution in [2.45, 2.75) is 33.7 Å². The van der Waals surface area contributed by atoms with Crippen LogP contribution < -0.4 is 19.6 Å². The molecule has 0 spiro atoms. The van der Waals surface area contributed by atoms with Gasteiger partial charge in [-0.15, -0.1) is 0 Å². The minimum atomic E-state index is -0.983. The number of benzene rings is 2. The zero-order valence-corrected chi connectivity index (χ0v) is 24.1. The third-order valence-electron chi connectivity index (χ3n) is 7.08. The Morgan fingerprint density at radius 1 is 1.07 bits per heavy atom. The van der Waals surface area contributed by atoms with Gasteiger partial charge in [0.15, 0.2) is 4.80 Å². The fourth-order valence-electron chi connectivity index (χ4n) is 5.12. The molecule has 1 aliphatic heterocycles. The van der Waals surface area contributed by atoms with Gasteiger partial charge in [0, 0.05) is 17.1 Å². The van der Waals surface area contributed by atoms with E-state index in [9.17, 15) is 19.5 Å². The zero-order chi connectivity index (χ0) is 29.4. The number of esters is 1. The van der Waals surface area contributed by atoms with Crippen LogP contribution in [0.25, 0.3) is 11.8 Å². The Balaban J connectivity index is 1.65. The van der Waals surface area contributed by atoms with Crippen molar-refractivity contribution in [2.24, 2.45) is 4.99 Å². The van der Waals surface area contributed by atoms with Crippen LogP contribution in [0.5, 0.6) is 5.75 Å². The van der Waals surface area contributed by atoms with E-state index in [1.165, 1.54) is 11.3 Å². The van der Waals surface area contributed by atoms with Crippen molar-refractivity contribution in [3.63, 3.8) is 0 Å². The van der Waals surface area contributed by atoms with E-state index in [0.717, 1.165) is 28.2 Å². The molecular weight excluding hydrogens is 542 g/mol. The van der Waals surface area contributed by atoms with Gasteiger partial charge in [-0.3, -0.25) is 9.36 Å². The molecule has 3 heterocycles. The first-order valence-corrected chi connectivity index (χ1v) is 13.8. The van der Waals surface area contributed by atoms with E-state index in [2.05, 4.69) is 4.99 Å². The fraction of sp³-hybridized carbons (Fsp3) is 0.226. The number of aryl methyl sites for hydroxylation is 1. The molecule has 0 fully saturated rings. The summed E-state index contributed by atoms with van der Waals surface area (Å²) in [6.45, 7) is 7.59. The molecule has 0 saturated heterocycles. The minimum Gasteiger partial charge on any atom is -0.497 e. The Kier molecular flexibility index (Phi) is 7.51. The second-order valence-corrected chi connectivity index (χ2v) is 10.6. The Hall–Kier alpha value is -4.70. The zero-order valence-electron chi connectivity index (χ0n) is 23.3. The number of thiazole rings is 1. The van der Waals surface area contributed by atoms with Gasteiger partial charge in [-0.1, -0.05) is 23.5 Å². The number of carboxylic acids is 1. The molecule has 2 aromatic heterocycles. The number of rotatable bonds is 7. The van der Waals surface area contributed by atoms with Gasteiger partial charge in [-0.25, -0.2) is 14.6 Å². The number of carboxylic acid groups (broad SMARTS) is 1. The summed E-state index contributed by atoms with van der Waals surface area (Å²) >= 11 is 1.26. The smallest absolute Gasteiger partial charge is 0.338 e. The lowest BCUT2D eigenvalue weighted by molar-refractivity contribution is -0.139. The monoisotopic (exact) mass is 571 g/mol. The summed E-state index contributed by atoms with van der Waals surface area (Å²) in [6.07, 6.45) is 1.84. The largest absolute Gasteiger partial charge is 0.497 e. The molecule has 9 nitrogen and oxygen atoms in total. The molecule has 0 radical (unpaired) electrons. The van der Waals surface area contributed by atoms with Crippen molar-refractivity contribution in [2.75, 3.05) is 13.7 Å². The van der Waals surface area contributed by atoms with Gasteiger partial charge in [-0.2, -0.15) is 0 Å². The van der Waals surface area contributed by atoms with Crippen LogP contribution in [0.15, 0.2) is 75.7 Å². The van der Waals surface area contributed by atoms with E-state index < -0.39 is 18.0 Å². The summed E-state index contributed by atoms with van der Waals surface area (Å²) in [6, 6.07) is 15.2. The normalized spacial score (nSPS) is 15.0. The molecule has 1 aliphatic rings. The maximum absolute atomic E-state index is 14.0. The average molecular weight is 572 g/mol. The standard InChI is InChI=1S/C31H29N3O6S/c1-6-40-30(38)26-18(3)32-31-34(27(26)20-9-13-24(39-5)14-10-20)28(35)25(41-31)16-22-15-17(2)33(19(22)4)23-11-7-21(8-12-23)29(36)37/h7-16,27H,6H2,1-5H3,(H,36,37)/b25-16+/t27-/m1/s1. The van der Waals surface area contributed by atoms with Gasteiger partial charge in [0.05, 0.1) is 41.1 Å². The second-order valence-electron chi connectivity index (χ2n) is 9.59. The molecule has 1 atom stereocenters. The molecule has 0 bridgehead atoms. The number of hydrogen-bond acceptors (Lipinski definition) is 7. The lowest BCUT2D eigenvalue weighted by Crippen LogP contribution is -2.39. The number of methoxy groups -OCH3 is 1. The number of allylic oxidation sites excluding steroid dienone is 1. The molecule has 1 N–H and O–H groups in total. The van der Waals surface area contributed by atoms with Crippen LogP contribution in [-0.4, -0.2) is 39.9 Å². The van der Waals surface area contributed by atoms with E-state index in [-0.39, 0.29) is 17.7 Å². The van der Waals surface area contributed by atoms with Crippen LogP contribution >= 0.6 is 11.3 Å². The quantitative estimate of drug-likeness (QED) is 0.337. The third kappa shape index (κ3) is 5.02. The third-order valence-corrected chi connectivity index (χ3v) is 8.06. The maximum atomic E-state index is 14.0. The number of nitrogens with zero attached hydrogens (tertiary/aromatic N) is 3. The van der Waals surface area contributed by atoms with Gasteiger partial charge in [-0.05, 0) is 87.4 Å². The van der Waals surface area contributed by atoms with Crippen molar-refractivity contribution in [3.8, 4) is 11.4 Å². The summed E-state index contributed by atoms with van der Waals surface area (Å²) in [4.78, 5) is 43.5. The Bertz CT molecular complexity index is 1880. The van der Waals surface area contributed by atoms with E-state index in [1.807, 2.05) is 42.7 Å². The predicted molar refractivity (Wildman–Crippen MR) is 156 cm³/mol. The average Bonchev–Trinajstić information content (AvgIpc) is 3.41. The first-order chi connectivity index (χ1) is 19.6. The molecular formula is C31H29N3O6S. The first kappa shape index (κ1) is 27.9. The predicted octanol–water partition coefficient (Wildman–Crippen LogP) is 3.91. The van der Waals surface area contributed by atoms with Crippen LogP contribution in [0.4, 0.5) is 0 Å². The van der Waals surface area contributed by atoms with Crippen molar-refractivity contribution in [1.82, 2.24) is 9.13 Å². The number of carbonyl (C=O) groups is 2. The highest BCUT2D eigenvalue weighted by molar-refractivity contribution is 7.07. The highest BCUT2D eigenvalue weighted by Gasteiger charge is 2.33. The van der Waals surface area contributed by atoms with Crippen LogP contribution in [0, 0.1) is 13.8 Å². The van der Waals surface area contributed by atoms with Gasteiger partial charge in [0.2, 0.25) is 0 Å². The van der Waals surface area contributed by atoms with Gasteiger partial charge < -0.3 is 19.1 Å². The molecule has 10 heteroatoms. The van der Waals surface area contributed by atoms with Crippen LogP contribution in [0.3, 0.4) is 0 Å². The molecule has 5 rings (SSSR count). The fourth-order valence-corrected chi connectivity index (χ4v) is 6.16. The number of carbonyl (C=O) groups excluding carboxylic acids is 1. The van der Waals surface area contributed by atoms with E-state index >= 15 is 0 Å². The lowest BCUT2D eigenvalue weighted by atomic mass is 9.96. The highest BCUT2D eigenvalue weighted by atomic mass is 32.1. The molecule has 210 valence electrons. The molecule has 0 saturated carbocycles. The molecule has 0 aliphatic carbocycles. The van der Waals surface area contributed by atoms with Crippen LogP contribution in [-0.2, 0) is 9.53 Å². The highest BCUT2D eigenvalue weighted by Crippen LogP contribution is 2.31. The van der Waals surface area contributed by atoms with Crippen molar-refractivity contribution in [3.05, 3.63) is 114 Å². The number of ether oxygens (including phenoxy) is 2. The second kappa shape index (κ2) is 11.1. The first-order valence-electron chi connectivity index (χ1n) is 13.0. The molecule has 0 amide bonds. The van der Waals surface area contributed by atoms with Crippen molar-refractivity contribution >= 4 is 29.4 Å². The van der Waals surface area contributed by atoms with Gasteiger partial charge >= 0.3 is 11.9 Å². The molecule has 4 aromatic rings. The Morgan fingerprint density at radius 3 is 2.37 bits per heavy atom. The SMILES string of the molecule is CCOC(=O)C1=C(C)N=c2s/c(=C/c3cc(C)n(-c4ccc(C(=O)O)cc4)c3C)c(=O)n2[C@@H]1c1ccc(OC)cc1. The van der Waals surface area contributed by atoms with E-state index in [4.69, 9.17) is 9.47 Å². The molecule has 41 heavy (non-hydrogen) atoms. The van der Waals surface area contributed by atoms with Gasteiger partial charge in [0.1, 0.15) is 5.75 Å².